The van der Waals surface area contributed by atoms with Crippen LogP contribution in [0.4, 0.5) is 0 Å². The van der Waals surface area contributed by atoms with E-state index in [1.807, 2.05) is 6.92 Å². The second-order valence-electron chi connectivity index (χ2n) is 8.18. The van der Waals surface area contributed by atoms with E-state index in [1.54, 1.807) is 0 Å². The number of aryl methyl sites for hydroxylation is 2. The van der Waals surface area contributed by atoms with Crippen molar-refractivity contribution in [2.24, 2.45) is 23.1 Å². The van der Waals surface area contributed by atoms with E-state index < -0.39 is 0 Å². The Labute approximate surface area is 131 Å². The summed E-state index contributed by atoms with van der Waals surface area (Å²) in [6, 6.07) is 0. The van der Waals surface area contributed by atoms with Gasteiger partial charge in [-0.05, 0) is 69.6 Å². The highest BCUT2D eigenvalue weighted by molar-refractivity contribution is 5.76. The van der Waals surface area contributed by atoms with Crippen LogP contribution in [0.3, 0.4) is 0 Å². The van der Waals surface area contributed by atoms with Crippen LogP contribution in [0.15, 0.2) is 4.52 Å². The second-order valence-corrected chi connectivity index (χ2v) is 8.18. The molecule has 0 aliphatic heterocycles. The standard InChI is InChI=1S/C17H25N3O2/c1-10-15(11(2)22-20-10)17-6-12-3-13(7-17)5-16(4-12,9-17)8-14(21)19-18/h12-13H,3-9,18H2,1-2H3,(H,19,21)/t12-,13-,16?,17?/m0/s1. The summed E-state index contributed by atoms with van der Waals surface area (Å²) in [4.78, 5) is 12.0. The van der Waals surface area contributed by atoms with Crippen molar-refractivity contribution in [1.29, 1.82) is 0 Å². The molecule has 5 rings (SSSR count). The maximum Gasteiger partial charge on any atom is 0.234 e. The number of carbonyl (C=O) groups is 1. The minimum Gasteiger partial charge on any atom is -0.361 e. The molecule has 120 valence electrons. The number of hydrogen-bond donors (Lipinski definition) is 2. The lowest BCUT2D eigenvalue weighted by atomic mass is 9.42. The molecular formula is C17H25N3O2. The minimum absolute atomic E-state index is 0.0177. The molecule has 4 aliphatic carbocycles. The fourth-order valence-electron chi connectivity index (χ4n) is 6.58. The van der Waals surface area contributed by atoms with Crippen LogP contribution in [-0.4, -0.2) is 11.1 Å². The third-order valence-corrected chi connectivity index (χ3v) is 6.44. The molecule has 22 heavy (non-hydrogen) atoms. The summed E-state index contributed by atoms with van der Waals surface area (Å²) in [6.07, 6.45) is 7.82. The molecule has 4 saturated carbocycles. The lowest BCUT2D eigenvalue weighted by Gasteiger charge is -2.62. The minimum atomic E-state index is -0.0177. The van der Waals surface area contributed by atoms with Crippen molar-refractivity contribution in [2.45, 2.75) is 64.2 Å². The quantitative estimate of drug-likeness (QED) is 0.511. The van der Waals surface area contributed by atoms with Gasteiger partial charge in [-0.15, -0.1) is 0 Å². The zero-order valence-corrected chi connectivity index (χ0v) is 13.4. The fourth-order valence-corrected chi connectivity index (χ4v) is 6.58. The van der Waals surface area contributed by atoms with Crippen LogP contribution in [0.25, 0.3) is 0 Å². The summed E-state index contributed by atoms with van der Waals surface area (Å²) >= 11 is 0. The number of hydrazine groups is 1. The van der Waals surface area contributed by atoms with Crippen LogP contribution in [0, 0.1) is 31.1 Å². The molecule has 4 aliphatic rings. The summed E-state index contributed by atoms with van der Waals surface area (Å²) in [5.41, 5.74) is 5.01. The number of carbonyl (C=O) groups excluding carboxylic acids is 1. The van der Waals surface area contributed by atoms with E-state index >= 15 is 0 Å². The normalized spacial score (nSPS) is 39.2. The molecule has 4 fully saturated rings. The number of nitrogens with one attached hydrogen (secondary N) is 1. The highest BCUT2D eigenvalue weighted by atomic mass is 16.5. The maximum atomic E-state index is 12.0. The average molecular weight is 303 g/mol. The zero-order chi connectivity index (χ0) is 15.5. The zero-order valence-electron chi connectivity index (χ0n) is 13.4. The van der Waals surface area contributed by atoms with E-state index in [9.17, 15) is 4.79 Å². The van der Waals surface area contributed by atoms with Gasteiger partial charge in [-0.3, -0.25) is 10.2 Å². The number of amides is 1. The van der Waals surface area contributed by atoms with Gasteiger partial charge in [-0.1, -0.05) is 5.16 Å². The van der Waals surface area contributed by atoms with Crippen molar-refractivity contribution in [3.8, 4) is 0 Å². The smallest absolute Gasteiger partial charge is 0.234 e. The van der Waals surface area contributed by atoms with Gasteiger partial charge in [0.2, 0.25) is 5.91 Å². The molecule has 0 radical (unpaired) electrons. The van der Waals surface area contributed by atoms with Crippen molar-refractivity contribution in [3.63, 3.8) is 0 Å². The molecule has 1 aromatic rings. The summed E-state index contributed by atoms with van der Waals surface area (Å²) < 4.78 is 5.47. The molecule has 4 bridgehead atoms. The summed E-state index contributed by atoms with van der Waals surface area (Å²) in [5, 5.41) is 4.20. The van der Waals surface area contributed by atoms with Gasteiger partial charge in [0.05, 0.1) is 5.69 Å². The Hall–Kier alpha value is -1.36. The van der Waals surface area contributed by atoms with E-state index in [2.05, 4.69) is 17.5 Å². The Kier molecular flexibility index (Phi) is 2.96. The molecule has 1 aromatic heterocycles. The van der Waals surface area contributed by atoms with Crippen LogP contribution in [0.1, 0.15) is 62.0 Å². The topological polar surface area (TPSA) is 81.2 Å². The average Bonchev–Trinajstić information content (AvgIpc) is 2.76. The van der Waals surface area contributed by atoms with Gasteiger partial charge >= 0.3 is 0 Å². The molecular weight excluding hydrogens is 278 g/mol. The third-order valence-electron chi connectivity index (χ3n) is 6.44. The summed E-state index contributed by atoms with van der Waals surface area (Å²) in [5.74, 6) is 7.78. The number of rotatable bonds is 3. The first-order valence-corrected chi connectivity index (χ1v) is 8.38. The van der Waals surface area contributed by atoms with Crippen LogP contribution in [-0.2, 0) is 10.2 Å². The highest BCUT2D eigenvalue weighted by Crippen LogP contribution is 2.67. The molecule has 5 nitrogen and oxygen atoms in total. The molecule has 2 atom stereocenters. The van der Waals surface area contributed by atoms with Crippen LogP contribution in [0.5, 0.6) is 0 Å². The first kappa shape index (κ1) is 14.2. The summed E-state index contributed by atoms with van der Waals surface area (Å²) in [6.45, 7) is 4.09. The van der Waals surface area contributed by atoms with E-state index in [4.69, 9.17) is 10.4 Å². The lowest BCUT2D eigenvalue weighted by Crippen LogP contribution is -2.55. The second kappa shape index (κ2) is 4.57. The van der Waals surface area contributed by atoms with E-state index in [0.717, 1.165) is 29.7 Å². The first-order chi connectivity index (χ1) is 10.5. The molecule has 5 heteroatoms. The van der Waals surface area contributed by atoms with Crippen molar-refractivity contribution in [3.05, 3.63) is 17.0 Å². The predicted molar refractivity (Wildman–Crippen MR) is 81.7 cm³/mol. The Morgan fingerprint density at radius 2 is 2.00 bits per heavy atom. The first-order valence-electron chi connectivity index (χ1n) is 8.38. The number of nitrogens with two attached hydrogens (primary N) is 1. The van der Waals surface area contributed by atoms with Crippen LogP contribution in [0.2, 0.25) is 0 Å². The molecule has 1 heterocycles. The van der Waals surface area contributed by atoms with Gasteiger partial charge in [0.15, 0.2) is 0 Å². The lowest BCUT2D eigenvalue weighted by molar-refractivity contribution is -0.131. The molecule has 0 spiro atoms. The number of hydrogen-bond acceptors (Lipinski definition) is 4. The van der Waals surface area contributed by atoms with Gasteiger partial charge < -0.3 is 4.52 Å². The van der Waals surface area contributed by atoms with Gasteiger partial charge in [-0.2, -0.15) is 0 Å². The maximum absolute atomic E-state index is 12.0. The van der Waals surface area contributed by atoms with Gasteiger partial charge in [0.25, 0.3) is 0 Å². The predicted octanol–water partition coefficient (Wildman–Crippen LogP) is 2.51. The molecule has 3 N–H and O–H groups in total. The molecule has 0 unspecified atom stereocenters. The van der Waals surface area contributed by atoms with Crippen molar-refractivity contribution in [1.82, 2.24) is 10.6 Å². The Bertz CT molecular complexity index is 588. The van der Waals surface area contributed by atoms with Crippen molar-refractivity contribution in [2.75, 3.05) is 0 Å². The van der Waals surface area contributed by atoms with Crippen molar-refractivity contribution < 1.29 is 9.32 Å². The van der Waals surface area contributed by atoms with Gasteiger partial charge in [0, 0.05) is 17.4 Å². The molecule has 0 aromatic carbocycles. The SMILES string of the molecule is Cc1noc(C)c1C12C[C@H]3C[C@@H](CC(CC(=O)NN)(C3)C1)C2. The monoisotopic (exact) mass is 303 g/mol. The highest BCUT2D eigenvalue weighted by Gasteiger charge is 2.59. The molecule has 1 amide bonds. The van der Waals surface area contributed by atoms with E-state index in [1.165, 1.54) is 37.7 Å². The number of aromatic nitrogens is 1. The van der Waals surface area contributed by atoms with E-state index in [0.29, 0.717) is 6.42 Å². The van der Waals surface area contributed by atoms with Crippen molar-refractivity contribution >= 4 is 5.91 Å². The van der Waals surface area contributed by atoms with Gasteiger partial charge in [0.1, 0.15) is 5.76 Å². The number of nitrogens with zero attached hydrogens (tertiary/aromatic N) is 1. The largest absolute Gasteiger partial charge is 0.361 e. The van der Waals surface area contributed by atoms with Crippen LogP contribution >= 0.6 is 0 Å². The third kappa shape index (κ3) is 1.94. The van der Waals surface area contributed by atoms with Crippen LogP contribution < -0.4 is 11.3 Å². The fraction of sp³-hybridized carbons (Fsp3) is 0.765. The van der Waals surface area contributed by atoms with E-state index in [-0.39, 0.29) is 16.7 Å². The Balaban J connectivity index is 1.75. The molecule has 0 saturated heterocycles. The Morgan fingerprint density at radius 3 is 2.55 bits per heavy atom. The summed E-state index contributed by atoms with van der Waals surface area (Å²) in [7, 11) is 0. The van der Waals surface area contributed by atoms with Gasteiger partial charge in [-0.25, -0.2) is 5.84 Å². The Morgan fingerprint density at radius 1 is 1.32 bits per heavy atom.